The van der Waals surface area contributed by atoms with Crippen molar-refractivity contribution in [2.45, 2.75) is 37.6 Å². The maximum Gasteiger partial charge on any atom is 0.243 e. The minimum Gasteiger partial charge on any atom is -0.366 e. The van der Waals surface area contributed by atoms with Crippen LogP contribution in [0.3, 0.4) is 0 Å². The molecule has 1 fully saturated rings. The number of rotatable bonds is 4. The topological polar surface area (TPSA) is 40.6 Å². The van der Waals surface area contributed by atoms with Gasteiger partial charge >= 0.3 is 0 Å². The van der Waals surface area contributed by atoms with Gasteiger partial charge in [0.05, 0.1) is 4.90 Å². The molecule has 0 amide bonds. The van der Waals surface area contributed by atoms with E-state index in [0.717, 1.165) is 11.3 Å². The van der Waals surface area contributed by atoms with E-state index in [1.54, 1.807) is 16.4 Å². The van der Waals surface area contributed by atoms with E-state index >= 15 is 0 Å². The van der Waals surface area contributed by atoms with Crippen LogP contribution in [0.4, 0.5) is 5.69 Å². The Bertz CT molecular complexity index is 801. The van der Waals surface area contributed by atoms with Gasteiger partial charge in [-0.15, -0.1) is 0 Å². The minimum absolute atomic E-state index is 0.140. The number of benzene rings is 2. The molecule has 0 bridgehead atoms. The van der Waals surface area contributed by atoms with Gasteiger partial charge in [-0.3, -0.25) is 0 Å². The Morgan fingerprint density at radius 1 is 0.960 bits per heavy atom. The summed E-state index contributed by atoms with van der Waals surface area (Å²) in [4.78, 5) is 2.66. The Morgan fingerprint density at radius 3 is 2.16 bits per heavy atom. The molecule has 25 heavy (non-hydrogen) atoms. The average molecular weight is 359 g/mol. The highest BCUT2D eigenvalue weighted by Crippen LogP contribution is 2.25. The van der Waals surface area contributed by atoms with Crippen LogP contribution in [0.15, 0.2) is 59.5 Å². The van der Waals surface area contributed by atoms with E-state index in [9.17, 15) is 8.42 Å². The van der Waals surface area contributed by atoms with E-state index in [-0.39, 0.29) is 6.04 Å². The van der Waals surface area contributed by atoms with Gasteiger partial charge in [0.25, 0.3) is 0 Å². The third kappa shape index (κ3) is 3.72. The molecule has 0 aromatic heterocycles. The van der Waals surface area contributed by atoms with Gasteiger partial charge in [-0.1, -0.05) is 44.2 Å². The first-order valence-corrected chi connectivity index (χ1v) is 10.3. The van der Waals surface area contributed by atoms with Crippen molar-refractivity contribution in [2.24, 2.45) is 0 Å². The molecule has 3 rings (SSSR count). The molecular weight excluding hydrogens is 332 g/mol. The molecule has 1 aliphatic rings. The van der Waals surface area contributed by atoms with Crippen molar-refractivity contribution in [3.63, 3.8) is 0 Å². The van der Waals surface area contributed by atoms with Crippen LogP contribution < -0.4 is 4.90 Å². The number of sulfonamides is 1. The first kappa shape index (κ1) is 18.0. The zero-order chi connectivity index (χ0) is 18.0. The Balaban J connectivity index is 1.76. The van der Waals surface area contributed by atoms with Gasteiger partial charge in [-0.2, -0.15) is 4.31 Å². The quantitative estimate of drug-likeness (QED) is 0.836. The predicted octanol–water partition coefficient (Wildman–Crippen LogP) is 3.71. The molecule has 1 atom stereocenters. The lowest BCUT2D eigenvalue weighted by molar-refractivity contribution is 0.342. The summed E-state index contributed by atoms with van der Waals surface area (Å²) in [5.74, 6) is 0.395. The largest absolute Gasteiger partial charge is 0.366 e. The maximum atomic E-state index is 13.0. The van der Waals surface area contributed by atoms with Gasteiger partial charge < -0.3 is 4.90 Å². The van der Waals surface area contributed by atoms with Crippen molar-refractivity contribution in [1.29, 1.82) is 0 Å². The molecule has 1 aliphatic heterocycles. The van der Waals surface area contributed by atoms with Crippen molar-refractivity contribution >= 4 is 15.7 Å². The first-order chi connectivity index (χ1) is 11.9. The van der Waals surface area contributed by atoms with Gasteiger partial charge in [-0.05, 0) is 42.7 Å². The monoisotopic (exact) mass is 358 g/mol. The second kappa shape index (κ2) is 7.18. The molecule has 1 unspecified atom stereocenters. The average Bonchev–Trinajstić information content (AvgIpc) is 2.62. The SMILES string of the molecule is CC(C)c1ccc(S(=O)(=O)N2CCN(c3ccccc3)C(C)C2)cc1. The van der Waals surface area contributed by atoms with Crippen molar-refractivity contribution in [1.82, 2.24) is 4.31 Å². The first-order valence-electron chi connectivity index (χ1n) is 8.81. The molecule has 0 saturated carbocycles. The van der Waals surface area contributed by atoms with E-state index in [1.807, 2.05) is 30.3 Å². The lowest BCUT2D eigenvalue weighted by atomic mass is 10.0. The van der Waals surface area contributed by atoms with Crippen molar-refractivity contribution in [3.8, 4) is 0 Å². The molecule has 1 saturated heterocycles. The van der Waals surface area contributed by atoms with Crippen LogP contribution in [0.1, 0.15) is 32.3 Å². The van der Waals surface area contributed by atoms with Crippen LogP contribution in [0.2, 0.25) is 0 Å². The van der Waals surface area contributed by atoms with Crippen molar-refractivity contribution in [3.05, 3.63) is 60.2 Å². The number of hydrogen-bond acceptors (Lipinski definition) is 3. The number of anilines is 1. The normalized spacial score (nSPS) is 19.4. The fourth-order valence-electron chi connectivity index (χ4n) is 3.32. The molecule has 4 nitrogen and oxygen atoms in total. The molecule has 1 heterocycles. The maximum absolute atomic E-state index is 13.0. The van der Waals surface area contributed by atoms with Gasteiger partial charge in [0.2, 0.25) is 10.0 Å². The second-order valence-electron chi connectivity index (χ2n) is 6.96. The van der Waals surface area contributed by atoms with E-state index < -0.39 is 10.0 Å². The standard InChI is InChI=1S/C20H26N2O2S/c1-16(2)18-9-11-20(12-10-18)25(23,24)21-13-14-22(17(3)15-21)19-7-5-4-6-8-19/h4-12,16-17H,13-15H2,1-3H3. The number of piperazine rings is 1. The van der Waals surface area contributed by atoms with Crippen molar-refractivity contribution < 1.29 is 8.42 Å². The van der Waals surface area contributed by atoms with Crippen molar-refractivity contribution in [2.75, 3.05) is 24.5 Å². The molecule has 5 heteroatoms. The highest BCUT2D eigenvalue weighted by Gasteiger charge is 2.32. The van der Waals surface area contributed by atoms with E-state index in [0.29, 0.717) is 30.4 Å². The van der Waals surface area contributed by atoms with Gasteiger partial charge in [-0.25, -0.2) is 8.42 Å². The summed E-state index contributed by atoms with van der Waals surface area (Å²) in [6.45, 7) is 8.00. The van der Waals surface area contributed by atoms with Crippen LogP contribution in [0.5, 0.6) is 0 Å². The fraction of sp³-hybridized carbons (Fsp3) is 0.400. The summed E-state index contributed by atoms with van der Waals surface area (Å²) in [5.41, 5.74) is 2.30. The third-order valence-electron chi connectivity index (χ3n) is 4.86. The highest BCUT2D eigenvalue weighted by molar-refractivity contribution is 7.89. The smallest absolute Gasteiger partial charge is 0.243 e. The van der Waals surface area contributed by atoms with Crippen LogP contribution in [0.25, 0.3) is 0 Å². The Morgan fingerprint density at radius 2 is 1.60 bits per heavy atom. The molecule has 0 aliphatic carbocycles. The predicted molar refractivity (Wildman–Crippen MR) is 103 cm³/mol. The highest BCUT2D eigenvalue weighted by atomic mass is 32.2. The Kier molecular flexibility index (Phi) is 5.16. The Hall–Kier alpha value is -1.85. The number of para-hydroxylation sites is 1. The fourth-order valence-corrected chi connectivity index (χ4v) is 4.83. The lowest BCUT2D eigenvalue weighted by Gasteiger charge is -2.40. The number of nitrogens with zero attached hydrogens (tertiary/aromatic N) is 2. The molecule has 0 spiro atoms. The second-order valence-corrected chi connectivity index (χ2v) is 8.90. The molecule has 0 radical (unpaired) electrons. The molecule has 2 aromatic carbocycles. The van der Waals surface area contributed by atoms with Crippen LogP contribution in [-0.2, 0) is 10.0 Å². The third-order valence-corrected chi connectivity index (χ3v) is 6.74. The summed E-state index contributed by atoms with van der Waals surface area (Å²) in [7, 11) is -3.44. The van der Waals surface area contributed by atoms with E-state index in [1.165, 1.54) is 0 Å². The summed E-state index contributed by atoms with van der Waals surface area (Å²) in [6, 6.07) is 17.6. The zero-order valence-corrected chi connectivity index (χ0v) is 15.9. The van der Waals surface area contributed by atoms with E-state index in [2.05, 4.69) is 37.8 Å². The molecule has 0 N–H and O–H groups in total. The zero-order valence-electron chi connectivity index (χ0n) is 15.1. The van der Waals surface area contributed by atoms with Gasteiger partial charge in [0.15, 0.2) is 0 Å². The van der Waals surface area contributed by atoms with Crippen LogP contribution in [-0.4, -0.2) is 38.4 Å². The molecule has 134 valence electrons. The van der Waals surface area contributed by atoms with Gasteiger partial charge in [0.1, 0.15) is 0 Å². The van der Waals surface area contributed by atoms with E-state index in [4.69, 9.17) is 0 Å². The Labute approximate surface area is 151 Å². The lowest BCUT2D eigenvalue weighted by Crippen LogP contribution is -2.53. The molecular formula is C20H26N2O2S. The van der Waals surface area contributed by atoms with Gasteiger partial charge in [0, 0.05) is 31.4 Å². The summed E-state index contributed by atoms with van der Waals surface area (Å²) in [6.07, 6.45) is 0. The summed E-state index contributed by atoms with van der Waals surface area (Å²) in [5, 5.41) is 0. The number of hydrogen-bond donors (Lipinski definition) is 0. The molecule has 2 aromatic rings. The summed E-state index contributed by atoms with van der Waals surface area (Å²) < 4.78 is 27.5. The van der Waals surface area contributed by atoms with Crippen LogP contribution >= 0.6 is 0 Å². The summed E-state index contributed by atoms with van der Waals surface area (Å²) >= 11 is 0. The van der Waals surface area contributed by atoms with Crippen LogP contribution in [0, 0.1) is 0 Å². The minimum atomic E-state index is -3.44.